The number of nitrogens with one attached hydrogen (secondary N) is 2. The molecule has 0 bridgehead atoms. The van der Waals surface area contributed by atoms with Crippen LogP contribution in [0.2, 0.25) is 5.02 Å². The first-order chi connectivity index (χ1) is 12.8. The fourth-order valence-corrected chi connectivity index (χ4v) is 4.51. The molecule has 0 heterocycles. The second-order valence-electron chi connectivity index (χ2n) is 6.90. The van der Waals surface area contributed by atoms with Gasteiger partial charge in [0.25, 0.3) is 15.9 Å². The molecule has 0 aliphatic heterocycles. The zero-order valence-electron chi connectivity index (χ0n) is 15.2. The minimum Gasteiger partial charge on any atom is -0.349 e. The minimum absolute atomic E-state index is 0.114. The van der Waals surface area contributed by atoms with E-state index in [1.807, 2.05) is 0 Å². The van der Waals surface area contributed by atoms with Crippen molar-refractivity contribution in [3.63, 3.8) is 0 Å². The van der Waals surface area contributed by atoms with Gasteiger partial charge in [0.05, 0.1) is 10.6 Å². The number of hydrogen-bond donors (Lipinski definition) is 2. The topological polar surface area (TPSA) is 75.3 Å². The molecule has 2 aromatic carbocycles. The van der Waals surface area contributed by atoms with Crippen LogP contribution in [-0.4, -0.2) is 20.4 Å². The lowest BCUT2D eigenvalue weighted by molar-refractivity contribution is 0.0927. The number of carbonyl (C=O) groups excluding carboxylic acids is 1. The van der Waals surface area contributed by atoms with Crippen LogP contribution in [0.1, 0.15) is 48.0 Å². The molecule has 144 valence electrons. The maximum Gasteiger partial charge on any atom is 0.261 e. The summed E-state index contributed by atoms with van der Waals surface area (Å²) in [7, 11) is -3.72. The molecule has 2 aromatic rings. The Balaban J connectivity index is 1.72. The lowest BCUT2D eigenvalue weighted by Crippen LogP contribution is -2.36. The zero-order chi connectivity index (χ0) is 19.4. The molecule has 1 aliphatic carbocycles. The van der Waals surface area contributed by atoms with E-state index in [-0.39, 0.29) is 16.8 Å². The van der Waals surface area contributed by atoms with Crippen LogP contribution >= 0.6 is 11.6 Å². The van der Waals surface area contributed by atoms with Crippen LogP contribution in [0.15, 0.2) is 47.4 Å². The maximum absolute atomic E-state index is 12.5. The Morgan fingerprint density at radius 2 is 1.70 bits per heavy atom. The van der Waals surface area contributed by atoms with Gasteiger partial charge in [-0.25, -0.2) is 8.42 Å². The van der Waals surface area contributed by atoms with E-state index in [0.717, 1.165) is 25.7 Å². The van der Waals surface area contributed by atoms with E-state index < -0.39 is 10.0 Å². The molecule has 0 spiro atoms. The van der Waals surface area contributed by atoms with Gasteiger partial charge in [0, 0.05) is 16.6 Å². The van der Waals surface area contributed by atoms with E-state index in [1.54, 1.807) is 25.1 Å². The Morgan fingerprint density at radius 1 is 1.04 bits per heavy atom. The molecule has 27 heavy (non-hydrogen) atoms. The highest BCUT2D eigenvalue weighted by atomic mass is 35.5. The lowest BCUT2D eigenvalue weighted by Gasteiger charge is -2.23. The van der Waals surface area contributed by atoms with Crippen molar-refractivity contribution < 1.29 is 13.2 Å². The number of hydrogen-bond acceptors (Lipinski definition) is 3. The second-order valence-corrected chi connectivity index (χ2v) is 9.02. The van der Waals surface area contributed by atoms with E-state index in [9.17, 15) is 13.2 Å². The summed E-state index contributed by atoms with van der Waals surface area (Å²) in [6.07, 6.45) is 5.56. The highest BCUT2D eigenvalue weighted by molar-refractivity contribution is 7.92. The van der Waals surface area contributed by atoms with E-state index in [2.05, 4.69) is 10.0 Å². The van der Waals surface area contributed by atoms with Gasteiger partial charge >= 0.3 is 0 Å². The second kappa shape index (κ2) is 8.31. The molecular formula is C20H23ClN2O3S. The van der Waals surface area contributed by atoms with Gasteiger partial charge in [-0.3, -0.25) is 9.52 Å². The molecule has 0 unspecified atom stereocenters. The van der Waals surface area contributed by atoms with Gasteiger partial charge in [-0.15, -0.1) is 0 Å². The molecule has 0 radical (unpaired) electrons. The highest BCUT2D eigenvalue weighted by Crippen LogP contribution is 2.23. The van der Waals surface area contributed by atoms with Gasteiger partial charge < -0.3 is 5.32 Å². The summed E-state index contributed by atoms with van der Waals surface area (Å²) in [4.78, 5) is 12.6. The molecule has 2 N–H and O–H groups in total. The summed E-state index contributed by atoms with van der Waals surface area (Å²) >= 11 is 5.81. The van der Waals surface area contributed by atoms with E-state index in [0.29, 0.717) is 21.8 Å². The van der Waals surface area contributed by atoms with Crippen molar-refractivity contribution >= 4 is 33.2 Å². The van der Waals surface area contributed by atoms with Crippen LogP contribution in [0.3, 0.4) is 0 Å². The zero-order valence-corrected chi connectivity index (χ0v) is 16.7. The van der Waals surface area contributed by atoms with Crippen LogP contribution in [0.25, 0.3) is 0 Å². The summed E-state index contributed by atoms with van der Waals surface area (Å²) in [6.45, 7) is 1.77. The molecule has 1 fully saturated rings. The van der Waals surface area contributed by atoms with Gasteiger partial charge in [0.15, 0.2) is 0 Å². The third-order valence-corrected chi connectivity index (χ3v) is 6.43. The number of aryl methyl sites for hydroxylation is 1. The summed E-state index contributed by atoms with van der Waals surface area (Å²) in [5.74, 6) is -0.114. The third kappa shape index (κ3) is 5.02. The smallest absolute Gasteiger partial charge is 0.261 e. The summed E-state index contributed by atoms with van der Waals surface area (Å²) in [6, 6.07) is 11.2. The van der Waals surface area contributed by atoms with E-state index in [4.69, 9.17) is 11.6 Å². The molecule has 0 saturated heterocycles. The molecule has 7 heteroatoms. The van der Waals surface area contributed by atoms with Crippen molar-refractivity contribution in [2.75, 3.05) is 4.72 Å². The van der Waals surface area contributed by atoms with Crippen LogP contribution in [-0.2, 0) is 10.0 Å². The van der Waals surface area contributed by atoms with Crippen LogP contribution < -0.4 is 10.0 Å². The largest absolute Gasteiger partial charge is 0.349 e. The van der Waals surface area contributed by atoms with Gasteiger partial charge in [0.1, 0.15) is 0 Å². The number of sulfonamides is 1. The summed E-state index contributed by atoms with van der Waals surface area (Å²) < 4.78 is 27.6. The standard InChI is InChI=1S/C20H23ClN2O3S/c1-14-13-15(20(24)22-17-5-3-2-4-6-17)7-12-19(14)23-27(25,26)18-10-8-16(21)9-11-18/h7-13,17,23H,2-6H2,1H3,(H,22,24). The van der Waals surface area contributed by atoms with Crippen molar-refractivity contribution in [1.82, 2.24) is 5.32 Å². The Bertz CT molecular complexity index is 921. The Hall–Kier alpha value is -2.05. The first kappa shape index (κ1) is 19.7. The number of amides is 1. The van der Waals surface area contributed by atoms with Gasteiger partial charge in [-0.2, -0.15) is 0 Å². The van der Waals surface area contributed by atoms with Crippen LogP contribution in [0.4, 0.5) is 5.69 Å². The lowest BCUT2D eigenvalue weighted by atomic mass is 9.95. The predicted octanol–water partition coefficient (Wildman–Crippen LogP) is 4.51. The average molecular weight is 407 g/mol. The number of anilines is 1. The predicted molar refractivity (Wildman–Crippen MR) is 108 cm³/mol. The van der Waals surface area contributed by atoms with Crippen molar-refractivity contribution in [3.05, 3.63) is 58.6 Å². The molecule has 1 aliphatic rings. The van der Waals surface area contributed by atoms with Crippen molar-refractivity contribution in [3.8, 4) is 0 Å². The molecule has 1 saturated carbocycles. The van der Waals surface area contributed by atoms with Crippen molar-refractivity contribution in [1.29, 1.82) is 0 Å². The SMILES string of the molecule is Cc1cc(C(=O)NC2CCCCC2)ccc1NS(=O)(=O)c1ccc(Cl)cc1. The monoisotopic (exact) mass is 406 g/mol. The summed E-state index contributed by atoms with van der Waals surface area (Å²) in [5, 5.41) is 3.54. The number of halogens is 1. The molecule has 5 nitrogen and oxygen atoms in total. The Morgan fingerprint density at radius 3 is 2.33 bits per heavy atom. The molecule has 0 atom stereocenters. The molecule has 3 rings (SSSR count). The van der Waals surface area contributed by atoms with Gasteiger partial charge in [0.2, 0.25) is 0 Å². The molecular weight excluding hydrogens is 384 g/mol. The summed E-state index contributed by atoms with van der Waals surface area (Å²) in [5.41, 5.74) is 1.66. The maximum atomic E-state index is 12.5. The number of rotatable bonds is 5. The van der Waals surface area contributed by atoms with Crippen molar-refractivity contribution in [2.45, 2.75) is 50.0 Å². The number of benzene rings is 2. The average Bonchev–Trinajstić information content (AvgIpc) is 2.64. The Kier molecular flexibility index (Phi) is 6.07. The molecule has 0 aromatic heterocycles. The van der Waals surface area contributed by atoms with Gasteiger partial charge in [-0.1, -0.05) is 30.9 Å². The van der Waals surface area contributed by atoms with Crippen molar-refractivity contribution in [2.24, 2.45) is 0 Å². The van der Waals surface area contributed by atoms with Crippen LogP contribution in [0, 0.1) is 6.92 Å². The quantitative estimate of drug-likeness (QED) is 0.766. The normalized spacial score (nSPS) is 15.3. The van der Waals surface area contributed by atoms with E-state index >= 15 is 0 Å². The fourth-order valence-electron chi connectivity index (χ4n) is 3.25. The van der Waals surface area contributed by atoms with Gasteiger partial charge in [-0.05, 0) is 67.8 Å². The first-order valence-corrected chi connectivity index (χ1v) is 10.9. The van der Waals surface area contributed by atoms with E-state index in [1.165, 1.54) is 30.7 Å². The first-order valence-electron chi connectivity index (χ1n) is 9.05. The third-order valence-electron chi connectivity index (χ3n) is 4.80. The highest BCUT2D eigenvalue weighted by Gasteiger charge is 2.19. The minimum atomic E-state index is -3.72. The Labute approximate surface area is 165 Å². The van der Waals surface area contributed by atoms with Crippen LogP contribution in [0.5, 0.6) is 0 Å². The number of carbonyl (C=O) groups is 1. The fraction of sp³-hybridized carbons (Fsp3) is 0.350. The molecule has 1 amide bonds.